The highest BCUT2D eigenvalue weighted by Crippen LogP contribution is 2.31. The molecule has 0 bridgehead atoms. The van der Waals surface area contributed by atoms with Gasteiger partial charge in [0.15, 0.2) is 0 Å². The minimum Gasteiger partial charge on any atom is -0.448 e. The van der Waals surface area contributed by atoms with E-state index in [1.54, 1.807) is 12.3 Å². The molecule has 0 unspecified atom stereocenters. The predicted octanol–water partition coefficient (Wildman–Crippen LogP) is 3.66. The van der Waals surface area contributed by atoms with Gasteiger partial charge < -0.3 is 4.74 Å². The van der Waals surface area contributed by atoms with Gasteiger partial charge in [-0.1, -0.05) is 0 Å². The normalized spacial score (nSPS) is 10.2. The van der Waals surface area contributed by atoms with E-state index >= 15 is 0 Å². The van der Waals surface area contributed by atoms with Crippen LogP contribution < -0.4 is 4.74 Å². The Bertz CT molecular complexity index is 622. The molecule has 19 heavy (non-hydrogen) atoms. The van der Waals surface area contributed by atoms with Crippen molar-refractivity contribution in [1.82, 2.24) is 4.98 Å². The van der Waals surface area contributed by atoms with Crippen LogP contribution in [0.5, 0.6) is 11.5 Å². The van der Waals surface area contributed by atoms with Crippen LogP contribution in [0.25, 0.3) is 0 Å². The minimum atomic E-state index is -0.645. The number of nitrogens with zero attached hydrogens (tertiary/aromatic N) is 2. The summed E-state index contributed by atoms with van der Waals surface area (Å²) in [7, 11) is 0. The molecule has 98 valence electrons. The third-order valence-electron chi connectivity index (χ3n) is 2.27. The number of ether oxygens (including phenoxy) is 1. The first-order valence-corrected chi connectivity index (χ1v) is 5.75. The van der Waals surface area contributed by atoms with Gasteiger partial charge in [-0.05, 0) is 17.7 Å². The van der Waals surface area contributed by atoms with Gasteiger partial charge >= 0.3 is 5.69 Å². The van der Waals surface area contributed by atoms with Crippen molar-refractivity contribution in [2.24, 2.45) is 0 Å². The third kappa shape index (κ3) is 3.17. The monoisotopic (exact) mass is 282 g/mol. The lowest BCUT2D eigenvalue weighted by atomic mass is 10.3. The van der Waals surface area contributed by atoms with Crippen LogP contribution in [0.2, 0.25) is 0 Å². The molecule has 0 aliphatic heterocycles. The number of pyridine rings is 1. The van der Waals surface area contributed by atoms with E-state index in [9.17, 15) is 14.5 Å². The Morgan fingerprint density at radius 1 is 1.37 bits per heavy atom. The fourth-order valence-electron chi connectivity index (χ4n) is 1.44. The molecule has 0 amide bonds. The molecule has 5 nitrogen and oxygen atoms in total. The fraction of sp³-hybridized carbons (Fsp3) is 0.0833. The molecule has 0 saturated carbocycles. The van der Waals surface area contributed by atoms with E-state index in [0.717, 1.165) is 18.2 Å². The zero-order valence-corrected chi connectivity index (χ0v) is 10.3. The molecule has 0 radical (unpaired) electrons. The number of aromatic nitrogens is 1. The van der Waals surface area contributed by atoms with Crippen LogP contribution in [0.4, 0.5) is 10.1 Å². The summed E-state index contributed by atoms with van der Waals surface area (Å²) in [5, 5.41) is 10.8. The predicted molar refractivity (Wildman–Crippen MR) is 66.9 cm³/mol. The van der Waals surface area contributed by atoms with Crippen LogP contribution >= 0.6 is 11.6 Å². The highest BCUT2D eigenvalue weighted by molar-refractivity contribution is 6.17. The SMILES string of the molecule is O=[N+]([O-])c1ccc(F)cc1Oc1cncc(CCl)c1. The highest BCUT2D eigenvalue weighted by atomic mass is 35.5. The number of nitro benzene ring substituents is 1. The van der Waals surface area contributed by atoms with E-state index < -0.39 is 10.7 Å². The van der Waals surface area contributed by atoms with Crippen molar-refractivity contribution in [1.29, 1.82) is 0 Å². The number of rotatable bonds is 4. The summed E-state index contributed by atoms with van der Waals surface area (Å²) in [4.78, 5) is 14.0. The topological polar surface area (TPSA) is 65.3 Å². The highest BCUT2D eigenvalue weighted by Gasteiger charge is 2.16. The molecule has 0 atom stereocenters. The van der Waals surface area contributed by atoms with Crippen molar-refractivity contribution < 1.29 is 14.1 Å². The molecule has 1 aromatic carbocycles. The first kappa shape index (κ1) is 13.2. The summed E-state index contributed by atoms with van der Waals surface area (Å²) in [5.41, 5.74) is 0.371. The summed E-state index contributed by atoms with van der Waals surface area (Å²) in [6.07, 6.45) is 2.91. The fourth-order valence-corrected chi connectivity index (χ4v) is 1.59. The second-order valence-electron chi connectivity index (χ2n) is 3.63. The maximum atomic E-state index is 13.1. The van der Waals surface area contributed by atoms with E-state index in [1.807, 2.05) is 0 Å². The Morgan fingerprint density at radius 3 is 2.84 bits per heavy atom. The van der Waals surface area contributed by atoms with Crippen molar-refractivity contribution in [2.75, 3.05) is 0 Å². The van der Waals surface area contributed by atoms with Crippen LogP contribution in [0.1, 0.15) is 5.56 Å². The van der Waals surface area contributed by atoms with Gasteiger partial charge in [0.2, 0.25) is 5.75 Å². The van der Waals surface area contributed by atoms with Gasteiger partial charge in [-0.25, -0.2) is 4.39 Å². The van der Waals surface area contributed by atoms with Crippen molar-refractivity contribution in [3.05, 3.63) is 58.2 Å². The molecule has 0 N–H and O–H groups in total. The van der Waals surface area contributed by atoms with Crippen molar-refractivity contribution in [3.63, 3.8) is 0 Å². The van der Waals surface area contributed by atoms with Crippen molar-refractivity contribution >= 4 is 17.3 Å². The van der Waals surface area contributed by atoms with Crippen LogP contribution in [0, 0.1) is 15.9 Å². The van der Waals surface area contributed by atoms with E-state index in [0.29, 0.717) is 5.56 Å². The van der Waals surface area contributed by atoms with Gasteiger partial charge in [0.25, 0.3) is 0 Å². The van der Waals surface area contributed by atoms with Gasteiger partial charge in [0.1, 0.15) is 11.6 Å². The second-order valence-corrected chi connectivity index (χ2v) is 3.90. The van der Waals surface area contributed by atoms with E-state index in [4.69, 9.17) is 16.3 Å². The maximum Gasteiger partial charge on any atom is 0.311 e. The Balaban J connectivity index is 2.36. The molecule has 2 aromatic rings. The lowest BCUT2D eigenvalue weighted by Gasteiger charge is -2.06. The Morgan fingerprint density at radius 2 is 2.16 bits per heavy atom. The summed E-state index contributed by atoms with van der Waals surface area (Å²) >= 11 is 5.65. The van der Waals surface area contributed by atoms with Crippen molar-refractivity contribution in [3.8, 4) is 11.5 Å². The van der Waals surface area contributed by atoms with Gasteiger partial charge in [0.05, 0.1) is 11.1 Å². The average molecular weight is 283 g/mol. The number of benzene rings is 1. The van der Waals surface area contributed by atoms with Crippen LogP contribution in [0.15, 0.2) is 36.7 Å². The molecule has 2 rings (SSSR count). The molecule has 1 heterocycles. The Hall–Kier alpha value is -2.21. The zero-order valence-electron chi connectivity index (χ0n) is 9.55. The zero-order chi connectivity index (χ0) is 13.8. The molecule has 0 spiro atoms. The Kier molecular flexibility index (Phi) is 3.91. The minimum absolute atomic E-state index is 0.182. The van der Waals surface area contributed by atoms with E-state index in [1.165, 1.54) is 6.20 Å². The summed E-state index contributed by atoms with van der Waals surface area (Å²) in [6, 6.07) is 4.57. The second kappa shape index (κ2) is 5.62. The van der Waals surface area contributed by atoms with E-state index in [-0.39, 0.29) is 23.1 Å². The average Bonchev–Trinajstić information content (AvgIpc) is 2.38. The number of hydrogen-bond donors (Lipinski definition) is 0. The van der Waals surface area contributed by atoms with Gasteiger partial charge in [-0.2, -0.15) is 0 Å². The summed E-state index contributed by atoms with van der Waals surface area (Å²) in [5.74, 6) is -0.317. The smallest absolute Gasteiger partial charge is 0.311 e. The molecule has 1 aromatic heterocycles. The van der Waals surface area contributed by atoms with Gasteiger partial charge in [-0.3, -0.25) is 15.1 Å². The van der Waals surface area contributed by atoms with Gasteiger partial charge in [-0.15, -0.1) is 11.6 Å². The molecular formula is C12H8ClFN2O3. The lowest BCUT2D eigenvalue weighted by Crippen LogP contribution is -1.95. The van der Waals surface area contributed by atoms with Crippen LogP contribution in [-0.2, 0) is 5.88 Å². The molecular weight excluding hydrogens is 275 g/mol. The van der Waals surface area contributed by atoms with Crippen molar-refractivity contribution in [2.45, 2.75) is 5.88 Å². The standard InChI is InChI=1S/C12H8ClFN2O3/c13-5-8-3-10(7-15-6-8)19-12-4-9(14)1-2-11(12)16(17)18/h1-4,6-7H,5H2. The summed E-state index contributed by atoms with van der Waals surface area (Å²) in [6.45, 7) is 0. The quantitative estimate of drug-likeness (QED) is 0.487. The lowest BCUT2D eigenvalue weighted by molar-refractivity contribution is -0.385. The Labute approximate surface area is 112 Å². The molecule has 0 fully saturated rings. The number of alkyl halides is 1. The molecule has 0 aliphatic rings. The molecule has 0 saturated heterocycles. The molecule has 7 heteroatoms. The van der Waals surface area contributed by atoms with E-state index in [2.05, 4.69) is 4.98 Å². The van der Waals surface area contributed by atoms with Crippen LogP contribution in [-0.4, -0.2) is 9.91 Å². The first-order valence-electron chi connectivity index (χ1n) is 5.22. The third-order valence-corrected chi connectivity index (χ3v) is 2.58. The molecule has 0 aliphatic carbocycles. The number of nitro groups is 1. The summed E-state index contributed by atoms with van der Waals surface area (Å²) < 4.78 is 18.4. The largest absolute Gasteiger partial charge is 0.448 e. The number of hydrogen-bond acceptors (Lipinski definition) is 4. The number of halogens is 2. The van der Waals surface area contributed by atoms with Gasteiger partial charge in [0, 0.05) is 24.2 Å². The maximum absolute atomic E-state index is 13.1. The van der Waals surface area contributed by atoms with Crippen LogP contribution in [0.3, 0.4) is 0 Å². The first-order chi connectivity index (χ1) is 9.10.